The minimum Gasteiger partial charge on any atom is -0.360 e. The molecule has 0 saturated carbocycles. The zero-order chi connectivity index (χ0) is 20.3. The highest BCUT2D eigenvalue weighted by Crippen LogP contribution is 2.27. The molecule has 0 aliphatic heterocycles. The number of rotatable bonds is 5. The SMILES string of the molecule is Cc1ccc(C(=O)c2cccc([N+](C)(Cc3ccc[nH]3)C(=O)N(C)C)c2)cc1. The summed E-state index contributed by atoms with van der Waals surface area (Å²) in [5, 5.41) is 0. The number of nitrogens with one attached hydrogen (secondary N) is 1. The number of amides is 2. The molecule has 1 atom stereocenters. The Balaban J connectivity index is 2.01. The van der Waals surface area contributed by atoms with E-state index in [1.165, 1.54) is 0 Å². The summed E-state index contributed by atoms with van der Waals surface area (Å²) >= 11 is 0. The first-order valence-corrected chi connectivity index (χ1v) is 9.23. The van der Waals surface area contributed by atoms with Crippen molar-refractivity contribution in [2.75, 3.05) is 21.1 Å². The monoisotopic (exact) mass is 376 g/mol. The Bertz CT molecular complexity index is 975. The second kappa shape index (κ2) is 7.82. The largest absolute Gasteiger partial charge is 0.423 e. The van der Waals surface area contributed by atoms with Gasteiger partial charge in [0.25, 0.3) is 0 Å². The summed E-state index contributed by atoms with van der Waals surface area (Å²) < 4.78 is 0.0303. The van der Waals surface area contributed by atoms with Gasteiger partial charge in [0.1, 0.15) is 12.2 Å². The second-order valence-electron chi connectivity index (χ2n) is 7.47. The average molecular weight is 376 g/mol. The first kappa shape index (κ1) is 19.6. The Morgan fingerprint density at radius 1 is 0.964 bits per heavy atom. The Kier molecular flexibility index (Phi) is 5.47. The number of carbonyl (C=O) groups excluding carboxylic acids is 2. The summed E-state index contributed by atoms with van der Waals surface area (Å²) in [5.41, 5.74) is 4.04. The third-order valence-corrected chi connectivity index (χ3v) is 4.95. The molecule has 1 N–H and O–H groups in total. The van der Waals surface area contributed by atoms with Gasteiger partial charge in [-0.3, -0.25) is 9.69 Å². The molecular formula is C23H26N3O2+. The van der Waals surface area contributed by atoms with Crippen LogP contribution in [0.25, 0.3) is 0 Å². The van der Waals surface area contributed by atoms with Gasteiger partial charge in [-0.2, -0.15) is 0 Å². The number of ketones is 1. The number of nitrogens with zero attached hydrogens (tertiary/aromatic N) is 2. The highest BCUT2D eigenvalue weighted by Gasteiger charge is 2.37. The zero-order valence-electron chi connectivity index (χ0n) is 16.8. The van der Waals surface area contributed by atoms with Gasteiger partial charge in [0.15, 0.2) is 5.78 Å². The number of H-pyrrole nitrogens is 1. The molecule has 0 aliphatic rings. The van der Waals surface area contributed by atoms with E-state index in [4.69, 9.17) is 0 Å². The first-order chi connectivity index (χ1) is 13.3. The fourth-order valence-corrected chi connectivity index (χ4v) is 3.34. The Hall–Kier alpha value is -3.18. The number of aryl methyl sites for hydroxylation is 1. The molecule has 2 amide bonds. The molecule has 3 aromatic rings. The highest BCUT2D eigenvalue weighted by molar-refractivity contribution is 6.09. The van der Waals surface area contributed by atoms with Crippen molar-refractivity contribution in [1.29, 1.82) is 0 Å². The number of urea groups is 1. The van der Waals surface area contributed by atoms with Crippen molar-refractivity contribution >= 4 is 17.5 Å². The van der Waals surface area contributed by atoms with Crippen molar-refractivity contribution in [2.45, 2.75) is 13.5 Å². The van der Waals surface area contributed by atoms with Gasteiger partial charge >= 0.3 is 6.03 Å². The van der Waals surface area contributed by atoms with Crippen molar-refractivity contribution in [3.8, 4) is 0 Å². The lowest BCUT2D eigenvalue weighted by atomic mass is 10.0. The molecule has 2 aromatic carbocycles. The van der Waals surface area contributed by atoms with E-state index in [2.05, 4.69) is 4.98 Å². The maximum atomic E-state index is 13.1. The number of benzene rings is 2. The summed E-state index contributed by atoms with van der Waals surface area (Å²) in [6.45, 7) is 2.46. The number of quaternary nitrogens is 1. The van der Waals surface area contributed by atoms with Crippen LogP contribution in [0.1, 0.15) is 27.2 Å². The summed E-state index contributed by atoms with van der Waals surface area (Å²) in [6, 6.07) is 18.7. The predicted octanol–water partition coefficient (Wildman–Crippen LogP) is 4.37. The molecule has 3 rings (SSSR count). The lowest BCUT2D eigenvalue weighted by Crippen LogP contribution is -2.54. The van der Waals surface area contributed by atoms with Crippen molar-refractivity contribution in [3.05, 3.63) is 89.2 Å². The molecule has 1 unspecified atom stereocenters. The number of carbonyl (C=O) groups is 2. The summed E-state index contributed by atoms with van der Waals surface area (Å²) in [4.78, 5) is 30.8. The van der Waals surface area contributed by atoms with Crippen LogP contribution in [0.4, 0.5) is 10.5 Å². The van der Waals surface area contributed by atoms with Gasteiger partial charge in [-0.05, 0) is 25.1 Å². The van der Waals surface area contributed by atoms with Crippen LogP contribution in [0.15, 0.2) is 66.9 Å². The third kappa shape index (κ3) is 3.89. The minimum atomic E-state index is -0.0606. The lowest BCUT2D eigenvalue weighted by molar-refractivity contribution is 0.103. The van der Waals surface area contributed by atoms with Gasteiger partial charge in [0.2, 0.25) is 0 Å². The van der Waals surface area contributed by atoms with Crippen LogP contribution in [-0.2, 0) is 6.54 Å². The molecular weight excluding hydrogens is 350 g/mol. The normalized spacial score (nSPS) is 13.0. The highest BCUT2D eigenvalue weighted by atomic mass is 16.2. The molecule has 1 aromatic heterocycles. The van der Waals surface area contributed by atoms with E-state index in [0.717, 1.165) is 16.9 Å². The van der Waals surface area contributed by atoms with Crippen LogP contribution in [0.3, 0.4) is 0 Å². The van der Waals surface area contributed by atoms with Gasteiger partial charge in [0.05, 0.1) is 12.7 Å². The number of hydrogen-bond donors (Lipinski definition) is 1. The van der Waals surface area contributed by atoms with E-state index in [-0.39, 0.29) is 16.3 Å². The van der Waals surface area contributed by atoms with Gasteiger partial charge in [0, 0.05) is 37.5 Å². The van der Waals surface area contributed by atoms with Crippen molar-refractivity contribution in [1.82, 2.24) is 14.4 Å². The minimum absolute atomic E-state index is 0.0303. The average Bonchev–Trinajstić information content (AvgIpc) is 3.20. The van der Waals surface area contributed by atoms with Crippen molar-refractivity contribution < 1.29 is 9.59 Å². The van der Waals surface area contributed by atoms with Crippen LogP contribution in [-0.4, -0.2) is 42.8 Å². The van der Waals surface area contributed by atoms with Gasteiger partial charge in [-0.25, -0.2) is 9.28 Å². The Morgan fingerprint density at radius 2 is 1.68 bits per heavy atom. The second-order valence-corrected chi connectivity index (χ2v) is 7.47. The number of aromatic amines is 1. The van der Waals surface area contributed by atoms with Crippen LogP contribution >= 0.6 is 0 Å². The van der Waals surface area contributed by atoms with Gasteiger partial charge in [-0.15, -0.1) is 0 Å². The standard InChI is InChI=1S/C23H26N3O2/c1-17-10-12-18(13-11-17)22(27)19-7-5-9-21(15-19)26(4,23(28)25(2)3)16-20-8-6-14-24-20/h5-15,24H,16H2,1-4H3/q+1. The molecule has 144 valence electrons. The van der Waals surface area contributed by atoms with Crippen LogP contribution < -0.4 is 4.48 Å². The van der Waals surface area contributed by atoms with E-state index in [1.807, 2.05) is 74.8 Å². The van der Waals surface area contributed by atoms with E-state index >= 15 is 0 Å². The molecule has 5 nitrogen and oxygen atoms in total. The summed E-state index contributed by atoms with van der Waals surface area (Å²) in [5.74, 6) is -0.0504. The van der Waals surface area contributed by atoms with E-state index < -0.39 is 0 Å². The zero-order valence-corrected chi connectivity index (χ0v) is 16.8. The van der Waals surface area contributed by atoms with Gasteiger partial charge in [-0.1, -0.05) is 42.0 Å². The molecule has 0 fully saturated rings. The van der Waals surface area contributed by atoms with Gasteiger partial charge < -0.3 is 4.98 Å². The molecule has 5 heteroatoms. The van der Waals surface area contributed by atoms with E-state index in [1.54, 1.807) is 25.1 Å². The maximum Gasteiger partial charge on any atom is 0.423 e. The van der Waals surface area contributed by atoms with Crippen molar-refractivity contribution in [3.63, 3.8) is 0 Å². The Labute approximate surface area is 165 Å². The van der Waals surface area contributed by atoms with Crippen LogP contribution in [0, 0.1) is 6.92 Å². The quantitative estimate of drug-likeness (QED) is 0.531. The molecule has 0 spiro atoms. The summed E-state index contributed by atoms with van der Waals surface area (Å²) in [6.07, 6.45) is 1.84. The molecule has 0 radical (unpaired) electrons. The fraction of sp³-hybridized carbons (Fsp3) is 0.217. The summed E-state index contributed by atoms with van der Waals surface area (Å²) in [7, 11) is 5.36. The maximum absolute atomic E-state index is 13.1. The molecule has 0 saturated heterocycles. The molecule has 0 bridgehead atoms. The molecule has 0 aliphatic carbocycles. The molecule has 1 heterocycles. The third-order valence-electron chi connectivity index (χ3n) is 4.95. The first-order valence-electron chi connectivity index (χ1n) is 9.23. The topological polar surface area (TPSA) is 53.2 Å². The van der Waals surface area contributed by atoms with Crippen LogP contribution in [0.5, 0.6) is 0 Å². The van der Waals surface area contributed by atoms with E-state index in [0.29, 0.717) is 17.7 Å². The predicted molar refractivity (Wildman–Crippen MR) is 112 cm³/mol. The fourth-order valence-electron chi connectivity index (χ4n) is 3.34. The smallest absolute Gasteiger partial charge is 0.360 e. The number of hydrogen-bond acceptors (Lipinski definition) is 2. The number of aromatic nitrogens is 1. The lowest BCUT2D eigenvalue weighted by Gasteiger charge is -2.33. The van der Waals surface area contributed by atoms with Crippen molar-refractivity contribution in [2.24, 2.45) is 0 Å². The molecule has 28 heavy (non-hydrogen) atoms. The van der Waals surface area contributed by atoms with E-state index in [9.17, 15) is 9.59 Å². The van der Waals surface area contributed by atoms with Crippen LogP contribution in [0.2, 0.25) is 0 Å². The Morgan fingerprint density at radius 3 is 2.29 bits per heavy atom.